The number of benzene rings is 1. The van der Waals surface area contributed by atoms with Crippen molar-refractivity contribution < 1.29 is 14.4 Å². The number of para-hydroxylation sites is 1. The van der Waals surface area contributed by atoms with E-state index in [-0.39, 0.29) is 41.8 Å². The molecule has 5 rings (SSSR count). The van der Waals surface area contributed by atoms with Gasteiger partial charge in [0.2, 0.25) is 5.91 Å². The van der Waals surface area contributed by atoms with Crippen LogP contribution in [0.3, 0.4) is 0 Å². The molecule has 0 bridgehead atoms. The maximum atomic E-state index is 13.2. The lowest BCUT2D eigenvalue weighted by molar-refractivity contribution is -0.139. The topological polar surface area (TPSA) is 98.3 Å². The van der Waals surface area contributed by atoms with Gasteiger partial charge in [0.15, 0.2) is 11.5 Å². The minimum Gasteiger partial charge on any atom is -0.364 e. The molecule has 2 aromatic rings. The molecule has 7 nitrogen and oxygen atoms in total. The first-order chi connectivity index (χ1) is 14.7. The zero-order valence-corrected chi connectivity index (χ0v) is 18.6. The predicted molar refractivity (Wildman–Crippen MR) is 117 cm³/mol. The van der Waals surface area contributed by atoms with E-state index >= 15 is 0 Å². The number of halogens is 2. The number of ketones is 1. The number of amides is 2. The van der Waals surface area contributed by atoms with Crippen LogP contribution in [0.5, 0.6) is 0 Å². The van der Waals surface area contributed by atoms with Crippen LogP contribution in [0.1, 0.15) is 43.1 Å². The molecule has 31 heavy (non-hydrogen) atoms. The summed E-state index contributed by atoms with van der Waals surface area (Å²) in [7, 11) is 0. The zero-order chi connectivity index (χ0) is 22.1. The van der Waals surface area contributed by atoms with Crippen molar-refractivity contribution >= 4 is 51.7 Å². The zero-order valence-electron chi connectivity index (χ0n) is 17.1. The number of hydrogen-bond donors (Lipinski definition) is 1. The summed E-state index contributed by atoms with van der Waals surface area (Å²) in [6, 6.07) is 6.90. The minimum atomic E-state index is -0.729. The number of primary amides is 1. The minimum absolute atomic E-state index is 0.0348. The van der Waals surface area contributed by atoms with E-state index < -0.39 is 16.3 Å². The van der Waals surface area contributed by atoms with Crippen molar-refractivity contribution in [1.29, 1.82) is 0 Å². The average Bonchev–Trinajstić information content (AvgIpc) is 3.44. The number of aromatic nitrogens is 2. The molecule has 2 saturated carbocycles. The molecule has 5 atom stereocenters. The van der Waals surface area contributed by atoms with Crippen molar-refractivity contribution in [3.05, 3.63) is 30.0 Å². The van der Waals surface area contributed by atoms with E-state index in [2.05, 4.69) is 5.10 Å². The Bertz CT molecular complexity index is 1100. The smallest absolute Gasteiger partial charge is 0.269 e. The highest BCUT2D eigenvalue weighted by Crippen LogP contribution is 2.61. The average molecular weight is 463 g/mol. The molecule has 1 aromatic carbocycles. The normalized spacial score (nSPS) is 30.3. The second-order valence-electron chi connectivity index (χ2n) is 9.08. The van der Waals surface area contributed by atoms with Gasteiger partial charge in [-0.05, 0) is 43.1 Å². The van der Waals surface area contributed by atoms with Crippen LogP contribution in [-0.4, -0.2) is 48.7 Å². The largest absolute Gasteiger partial charge is 0.364 e. The maximum absolute atomic E-state index is 13.2. The van der Waals surface area contributed by atoms with E-state index in [0.29, 0.717) is 29.7 Å². The van der Waals surface area contributed by atoms with Crippen LogP contribution >= 0.6 is 23.2 Å². The second-order valence-corrected chi connectivity index (χ2v) is 10.5. The van der Waals surface area contributed by atoms with Crippen molar-refractivity contribution in [2.45, 2.75) is 55.6 Å². The number of Topliss-reactive ketones (excluding diaryl/α,β-unsaturated/α-hetero) is 1. The summed E-state index contributed by atoms with van der Waals surface area (Å²) in [4.78, 5) is 39.7. The van der Waals surface area contributed by atoms with Crippen LogP contribution in [0.15, 0.2) is 24.3 Å². The molecule has 0 radical (unpaired) electrons. The van der Waals surface area contributed by atoms with Gasteiger partial charge in [-0.15, -0.1) is 23.2 Å². The highest BCUT2D eigenvalue weighted by atomic mass is 35.5. The first-order valence-corrected chi connectivity index (χ1v) is 11.4. The molecule has 2 N–H and O–H groups in total. The SMILES string of the molecule is CC1C(CCC(=O)[C@@H]2C[C@H]3C[C@H]3N2C(=O)Cn2nc(C(N)=O)c3ccccc32)C1(Cl)Cl. The fraction of sp³-hybridized carbons (Fsp3) is 0.545. The molecule has 2 heterocycles. The molecule has 1 aromatic heterocycles. The fourth-order valence-corrected chi connectivity index (χ4v) is 5.98. The summed E-state index contributed by atoms with van der Waals surface area (Å²) in [5, 5.41) is 4.90. The van der Waals surface area contributed by atoms with Gasteiger partial charge in [-0.2, -0.15) is 5.10 Å². The number of rotatable bonds is 7. The molecular weight excluding hydrogens is 439 g/mol. The Hall–Kier alpha value is -2.12. The number of likely N-dealkylation sites (tertiary alicyclic amines) is 1. The van der Waals surface area contributed by atoms with E-state index in [1.165, 1.54) is 4.68 Å². The highest BCUT2D eigenvalue weighted by molar-refractivity contribution is 6.51. The summed E-state index contributed by atoms with van der Waals surface area (Å²) in [6.45, 7) is 1.96. The van der Waals surface area contributed by atoms with Crippen molar-refractivity contribution in [1.82, 2.24) is 14.7 Å². The second kappa shape index (κ2) is 7.20. The van der Waals surface area contributed by atoms with Gasteiger partial charge in [0, 0.05) is 17.8 Å². The van der Waals surface area contributed by atoms with Crippen molar-refractivity contribution in [2.75, 3.05) is 0 Å². The number of nitrogens with two attached hydrogens (primary N) is 1. The number of nitrogens with zero attached hydrogens (tertiary/aromatic N) is 3. The van der Waals surface area contributed by atoms with Gasteiger partial charge in [-0.1, -0.05) is 25.1 Å². The lowest BCUT2D eigenvalue weighted by atomic mass is 10.0. The fourth-order valence-electron chi connectivity index (χ4n) is 5.21. The quantitative estimate of drug-likeness (QED) is 0.639. The van der Waals surface area contributed by atoms with E-state index in [1.54, 1.807) is 23.1 Å². The van der Waals surface area contributed by atoms with Crippen LogP contribution in [-0.2, 0) is 16.1 Å². The Morgan fingerprint density at radius 2 is 1.94 bits per heavy atom. The predicted octanol–water partition coefficient (Wildman–Crippen LogP) is 2.91. The molecule has 2 aliphatic carbocycles. The number of alkyl halides is 2. The Kier molecular flexibility index (Phi) is 4.83. The van der Waals surface area contributed by atoms with Gasteiger partial charge in [0.1, 0.15) is 10.9 Å². The summed E-state index contributed by atoms with van der Waals surface area (Å²) in [6.07, 6.45) is 2.68. The Labute approximate surface area is 189 Å². The highest BCUT2D eigenvalue weighted by Gasteiger charge is 2.60. The van der Waals surface area contributed by atoms with Crippen LogP contribution in [0, 0.1) is 17.8 Å². The van der Waals surface area contributed by atoms with Crippen LogP contribution in [0.4, 0.5) is 0 Å². The summed E-state index contributed by atoms with van der Waals surface area (Å²) in [5.74, 6) is -0.00640. The van der Waals surface area contributed by atoms with E-state index in [4.69, 9.17) is 28.9 Å². The van der Waals surface area contributed by atoms with Gasteiger partial charge in [0.05, 0.1) is 11.6 Å². The molecule has 0 spiro atoms. The Morgan fingerprint density at radius 3 is 2.61 bits per heavy atom. The van der Waals surface area contributed by atoms with Gasteiger partial charge in [0.25, 0.3) is 5.91 Å². The van der Waals surface area contributed by atoms with Crippen molar-refractivity contribution in [2.24, 2.45) is 23.5 Å². The Balaban J connectivity index is 1.31. The first-order valence-electron chi connectivity index (χ1n) is 10.7. The van der Waals surface area contributed by atoms with Crippen molar-refractivity contribution in [3.8, 4) is 0 Å². The summed E-state index contributed by atoms with van der Waals surface area (Å²) >= 11 is 12.4. The molecular formula is C22H24Cl2N4O3. The van der Waals surface area contributed by atoms with Crippen molar-refractivity contribution in [3.63, 3.8) is 0 Å². The lowest BCUT2D eigenvalue weighted by Gasteiger charge is -2.27. The van der Waals surface area contributed by atoms with Gasteiger partial charge in [-0.3, -0.25) is 19.1 Å². The third kappa shape index (κ3) is 3.42. The maximum Gasteiger partial charge on any atom is 0.269 e. The number of carbonyl (C=O) groups excluding carboxylic acids is 3. The van der Waals surface area contributed by atoms with E-state index in [0.717, 1.165) is 12.8 Å². The first kappa shape index (κ1) is 20.8. The van der Waals surface area contributed by atoms with Crippen LogP contribution in [0.2, 0.25) is 0 Å². The standard InChI is InChI=1S/C22H24Cl2N4O3/c1-11-14(22(11,23)24)6-7-18(29)17-9-12-8-16(12)28(17)19(30)10-27-15-5-3-2-4-13(15)20(26-27)21(25)31/h2-5,11-12,14,16-17H,6-10H2,1H3,(H2,25,31)/t11?,12-,14?,16-,17+/m1/s1. The lowest BCUT2D eigenvalue weighted by Crippen LogP contribution is -2.44. The third-order valence-electron chi connectivity index (χ3n) is 7.24. The van der Waals surface area contributed by atoms with Crippen LogP contribution < -0.4 is 5.73 Å². The molecule has 164 valence electrons. The number of hydrogen-bond acceptors (Lipinski definition) is 4. The van der Waals surface area contributed by atoms with E-state index in [1.807, 2.05) is 13.0 Å². The molecule has 2 amide bonds. The van der Waals surface area contributed by atoms with Gasteiger partial charge < -0.3 is 10.6 Å². The van der Waals surface area contributed by atoms with Gasteiger partial charge >= 0.3 is 0 Å². The van der Waals surface area contributed by atoms with E-state index in [9.17, 15) is 14.4 Å². The molecule has 9 heteroatoms. The molecule has 3 aliphatic rings. The number of fused-ring (bicyclic) bond motifs is 2. The van der Waals surface area contributed by atoms with Gasteiger partial charge in [-0.25, -0.2) is 0 Å². The third-order valence-corrected chi connectivity index (χ3v) is 8.49. The monoisotopic (exact) mass is 462 g/mol. The van der Waals surface area contributed by atoms with Crippen LogP contribution in [0.25, 0.3) is 10.9 Å². The molecule has 1 saturated heterocycles. The molecule has 3 fully saturated rings. The number of piperidine rings is 1. The summed E-state index contributed by atoms with van der Waals surface area (Å²) < 4.78 is 0.781. The summed E-state index contributed by atoms with van der Waals surface area (Å²) in [5.41, 5.74) is 6.27. The molecule has 2 unspecified atom stereocenters. The number of carbonyl (C=O) groups is 3. The molecule has 1 aliphatic heterocycles. The Morgan fingerprint density at radius 1 is 1.23 bits per heavy atom.